The van der Waals surface area contributed by atoms with E-state index in [1.54, 1.807) is 6.07 Å². The number of amides is 2. The van der Waals surface area contributed by atoms with Gasteiger partial charge in [-0.05, 0) is 62.1 Å². The molecule has 0 bridgehead atoms. The molecule has 2 atom stereocenters. The second kappa shape index (κ2) is 11.3. The molecule has 2 heterocycles. The zero-order valence-electron chi connectivity index (χ0n) is 20.0. The number of likely N-dealkylation sites (tertiary alicyclic amines) is 1. The van der Waals surface area contributed by atoms with Crippen molar-refractivity contribution in [3.05, 3.63) is 57.0 Å². The molecule has 6 nitrogen and oxygen atoms in total. The fraction of sp³-hybridized carbons (Fsp3) is 0.462. The maximum absolute atomic E-state index is 13.0. The van der Waals surface area contributed by atoms with Crippen molar-refractivity contribution in [2.24, 2.45) is 5.92 Å². The molecular weight excluding hydrogens is 507 g/mol. The quantitative estimate of drug-likeness (QED) is 0.491. The van der Waals surface area contributed by atoms with Crippen molar-refractivity contribution in [3.63, 3.8) is 0 Å². The van der Waals surface area contributed by atoms with Crippen LogP contribution in [-0.2, 0) is 9.59 Å². The van der Waals surface area contributed by atoms with Gasteiger partial charge >= 0.3 is 0 Å². The van der Waals surface area contributed by atoms with Crippen molar-refractivity contribution >= 4 is 58.0 Å². The molecule has 0 aliphatic carbocycles. The molecule has 0 spiro atoms. The minimum absolute atomic E-state index is 0.0271. The average molecular weight is 538 g/mol. The van der Waals surface area contributed by atoms with E-state index in [-0.39, 0.29) is 29.8 Å². The standard InChI is InChI=1S/C26H31Cl3N4O2/c1-16(22-5-3-19(27)13-24(22)29)30-25-14-21(4-6-23(25)28)32-10-7-18(8-11-32)26(35)33-12-9-20(15-33)31-17(2)34/h3-6,13-14,16,18,20,30H,7-12,15H2,1-2H3,(H,31,34)/t16-,20+/m1/s1. The number of hydrogen-bond acceptors (Lipinski definition) is 4. The van der Waals surface area contributed by atoms with Gasteiger partial charge in [0.15, 0.2) is 0 Å². The average Bonchev–Trinajstić information content (AvgIpc) is 3.28. The molecule has 2 aliphatic heterocycles. The van der Waals surface area contributed by atoms with Gasteiger partial charge in [0.05, 0.1) is 16.8 Å². The Hall–Kier alpha value is -2.15. The lowest BCUT2D eigenvalue weighted by Crippen LogP contribution is -2.43. The third-order valence-electron chi connectivity index (χ3n) is 6.87. The molecule has 0 saturated carbocycles. The summed E-state index contributed by atoms with van der Waals surface area (Å²) in [6.45, 7) is 6.49. The number of nitrogens with one attached hydrogen (secondary N) is 2. The van der Waals surface area contributed by atoms with Crippen LogP contribution < -0.4 is 15.5 Å². The minimum atomic E-state index is -0.0577. The van der Waals surface area contributed by atoms with Crippen molar-refractivity contribution in [2.45, 2.75) is 45.2 Å². The molecule has 2 aromatic rings. The van der Waals surface area contributed by atoms with Crippen LogP contribution >= 0.6 is 34.8 Å². The second-order valence-electron chi connectivity index (χ2n) is 9.43. The van der Waals surface area contributed by atoms with Gasteiger partial charge in [-0.15, -0.1) is 0 Å². The van der Waals surface area contributed by atoms with Crippen molar-refractivity contribution in [1.82, 2.24) is 10.2 Å². The van der Waals surface area contributed by atoms with Crippen LogP contribution in [0, 0.1) is 5.92 Å². The third-order valence-corrected chi connectivity index (χ3v) is 7.76. The van der Waals surface area contributed by atoms with Crippen molar-refractivity contribution in [1.29, 1.82) is 0 Å². The van der Waals surface area contributed by atoms with Crippen LogP contribution in [0.15, 0.2) is 36.4 Å². The molecule has 2 aliphatic rings. The zero-order chi connectivity index (χ0) is 25.1. The van der Waals surface area contributed by atoms with Gasteiger partial charge in [-0.2, -0.15) is 0 Å². The fourth-order valence-corrected chi connectivity index (χ4v) is 5.74. The molecule has 4 rings (SSSR count). The monoisotopic (exact) mass is 536 g/mol. The predicted molar refractivity (Wildman–Crippen MR) is 144 cm³/mol. The van der Waals surface area contributed by atoms with E-state index in [9.17, 15) is 9.59 Å². The number of piperidine rings is 1. The Kier molecular flexibility index (Phi) is 8.35. The Balaban J connectivity index is 1.36. The van der Waals surface area contributed by atoms with Crippen LogP contribution in [-0.4, -0.2) is 48.9 Å². The Bertz CT molecular complexity index is 1090. The number of rotatable bonds is 6. The van der Waals surface area contributed by atoms with E-state index in [2.05, 4.69) is 21.6 Å². The molecule has 0 aromatic heterocycles. The van der Waals surface area contributed by atoms with Crippen LogP contribution in [0.2, 0.25) is 15.1 Å². The number of carbonyl (C=O) groups is 2. The lowest BCUT2D eigenvalue weighted by Gasteiger charge is -2.35. The summed E-state index contributed by atoms with van der Waals surface area (Å²) in [6, 6.07) is 11.5. The molecule has 0 unspecified atom stereocenters. The number of nitrogens with zero attached hydrogens (tertiary/aromatic N) is 2. The number of carbonyl (C=O) groups excluding carboxylic acids is 2. The largest absolute Gasteiger partial charge is 0.377 e. The highest BCUT2D eigenvalue weighted by atomic mass is 35.5. The first-order chi connectivity index (χ1) is 16.7. The van der Waals surface area contributed by atoms with E-state index in [1.165, 1.54) is 6.92 Å². The molecule has 2 N–H and O–H groups in total. The molecule has 188 valence electrons. The summed E-state index contributed by atoms with van der Waals surface area (Å²) in [4.78, 5) is 28.5. The highest BCUT2D eigenvalue weighted by Gasteiger charge is 2.33. The molecule has 2 aromatic carbocycles. The van der Waals surface area contributed by atoms with Gasteiger partial charge in [0, 0.05) is 60.8 Å². The van der Waals surface area contributed by atoms with Crippen LogP contribution in [0.25, 0.3) is 0 Å². The lowest BCUT2D eigenvalue weighted by atomic mass is 9.95. The SMILES string of the molecule is CC(=O)N[C@H]1CCN(C(=O)C2CCN(c3ccc(Cl)c(N[C@H](C)c4ccc(Cl)cc4Cl)c3)CC2)C1. The Labute approximate surface area is 221 Å². The summed E-state index contributed by atoms with van der Waals surface area (Å²) in [5.74, 6) is 0.198. The maximum atomic E-state index is 13.0. The van der Waals surface area contributed by atoms with Gasteiger partial charge in [0.2, 0.25) is 11.8 Å². The molecule has 2 fully saturated rings. The third kappa shape index (κ3) is 6.35. The van der Waals surface area contributed by atoms with E-state index >= 15 is 0 Å². The van der Waals surface area contributed by atoms with Crippen LogP contribution in [0.1, 0.15) is 44.7 Å². The summed E-state index contributed by atoms with van der Waals surface area (Å²) in [5.41, 5.74) is 2.85. The fourth-order valence-electron chi connectivity index (χ4n) is 4.99. The molecular formula is C26H31Cl3N4O2. The smallest absolute Gasteiger partial charge is 0.225 e. The summed E-state index contributed by atoms with van der Waals surface area (Å²) >= 11 is 18.9. The van der Waals surface area contributed by atoms with Gasteiger partial charge in [-0.25, -0.2) is 0 Å². The Morgan fingerprint density at radius 3 is 2.40 bits per heavy atom. The maximum Gasteiger partial charge on any atom is 0.225 e. The number of benzene rings is 2. The van der Waals surface area contributed by atoms with Crippen LogP contribution in [0.5, 0.6) is 0 Å². The first kappa shape index (κ1) is 25.9. The normalized spacial score (nSPS) is 19.5. The van der Waals surface area contributed by atoms with Gasteiger partial charge in [0.25, 0.3) is 0 Å². The Morgan fingerprint density at radius 1 is 0.971 bits per heavy atom. The van der Waals surface area contributed by atoms with E-state index < -0.39 is 0 Å². The predicted octanol–water partition coefficient (Wildman–Crippen LogP) is 5.77. The van der Waals surface area contributed by atoms with E-state index in [0.717, 1.165) is 49.3 Å². The molecule has 9 heteroatoms. The highest BCUT2D eigenvalue weighted by Crippen LogP contribution is 2.34. The van der Waals surface area contributed by atoms with E-state index in [1.807, 2.05) is 36.1 Å². The van der Waals surface area contributed by atoms with Gasteiger partial charge < -0.3 is 20.4 Å². The van der Waals surface area contributed by atoms with Crippen molar-refractivity contribution in [2.75, 3.05) is 36.4 Å². The number of hydrogen-bond donors (Lipinski definition) is 2. The lowest BCUT2D eigenvalue weighted by molar-refractivity contribution is -0.135. The van der Waals surface area contributed by atoms with Crippen molar-refractivity contribution < 1.29 is 9.59 Å². The first-order valence-corrected chi connectivity index (χ1v) is 13.2. The molecule has 0 radical (unpaired) electrons. The molecule has 2 saturated heterocycles. The number of anilines is 2. The number of halogens is 3. The van der Waals surface area contributed by atoms with E-state index in [0.29, 0.717) is 28.2 Å². The zero-order valence-corrected chi connectivity index (χ0v) is 22.3. The topological polar surface area (TPSA) is 64.7 Å². The minimum Gasteiger partial charge on any atom is -0.377 e. The Morgan fingerprint density at radius 2 is 1.71 bits per heavy atom. The van der Waals surface area contributed by atoms with Crippen LogP contribution in [0.4, 0.5) is 11.4 Å². The van der Waals surface area contributed by atoms with Gasteiger partial charge in [0.1, 0.15) is 0 Å². The van der Waals surface area contributed by atoms with Gasteiger partial charge in [-0.3, -0.25) is 9.59 Å². The summed E-state index contributed by atoms with van der Waals surface area (Å²) in [6.07, 6.45) is 2.44. The van der Waals surface area contributed by atoms with Crippen molar-refractivity contribution in [3.8, 4) is 0 Å². The second-order valence-corrected chi connectivity index (χ2v) is 10.7. The summed E-state index contributed by atoms with van der Waals surface area (Å²) < 4.78 is 0. The van der Waals surface area contributed by atoms with Crippen LogP contribution in [0.3, 0.4) is 0 Å². The summed E-state index contributed by atoms with van der Waals surface area (Å²) in [5, 5.41) is 8.25. The summed E-state index contributed by atoms with van der Waals surface area (Å²) in [7, 11) is 0. The molecule has 35 heavy (non-hydrogen) atoms. The first-order valence-electron chi connectivity index (χ1n) is 12.0. The molecule has 2 amide bonds. The highest BCUT2D eigenvalue weighted by molar-refractivity contribution is 6.35. The van der Waals surface area contributed by atoms with E-state index in [4.69, 9.17) is 34.8 Å². The van der Waals surface area contributed by atoms with Gasteiger partial charge in [-0.1, -0.05) is 40.9 Å².